The van der Waals surface area contributed by atoms with Crippen LogP contribution in [0.3, 0.4) is 0 Å². The van der Waals surface area contributed by atoms with Gasteiger partial charge >= 0.3 is 0 Å². The van der Waals surface area contributed by atoms with Gasteiger partial charge in [-0.1, -0.05) is 27.2 Å². The molecule has 4 aliphatic carbocycles. The zero-order valence-corrected chi connectivity index (χ0v) is 20.3. The molecule has 0 aromatic rings. The number of hydrogen-bond donors (Lipinski definition) is 1. The monoisotopic (exact) mass is 430 g/mol. The molecule has 4 saturated carbocycles. The Morgan fingerprint density at radius 1 is 1.07 bits per heavy atom. The minimum absolute atomic E-state index is 0.199. The summed E-state index contributed by atoms with van der Waals surface area (Å²) in [6, 6.07) is 0. The lowest BCUT2D eigenvalue weighted by molar-refractivity contribution is -0.135. The van der Waals surface area contributed by atoms with Gasteiger partial charge in [-0.15, -0.1) is 11.8 Å². The second-order valence-corrected chi connectivity index (χ2v) is 12.3. The van der Waals surface area contributed by atoms with Crippen molar-refractivity contribution in [2.24, 2.45) is 57.1 Å². The average Bonchev–Trinajstić information content (AvgIpc) is 3.09. The first-order valence-corrected chi connectivity index (χ1v) is 13.5. The van der Waals surface area contributed by atoms with Crippen molar-refractivity contribution in [3.05, 3.63) is 11.1 Å². The molecular formula is C26H42N2OS. The first kappa shape index (κ1) is 22.4. The summed E-state index contributed by atoms with van der Waals surface area (Å²) in [5, 5.41) is 0. The molecule has 4 heteroatoms. The number of aliphatic imine (C=N–C) groups is 1. The van der Waals surface area contributed by atoms with Crippen molar-refractivity contribution in [2.45, 2.75) is 78.6 Å². The Morgan fingerprint density at radius 3 is 2.53 bits per heavy atom. The van der Waals surface area contributed by atoms with Crippen LogP contribution < -0.4 is 5.73 Å². The fourth-order valence-corrected chi connectivity index (χ4v) is 8.82. The molecule has 4 fully saturated rings. The number of ketones is 1. The van der Waals surface area contributed by atoms with Crippen molar-refractivity contribution in [1.29, 1.82) is 0 Å². The lowest BCUT2D eigenvalue weighted by Crippen LogP contribution is -2.53. The van der Waals surface area contributed by atoms with Gasteiger partial charge in [0, 0.05) is 23.2 Å². The maximum Gasteiger partial charge on any atom is 0.157 e. The summed E-state index contributed by atoms with van der Waals surface area (Å²) in [7, 11) is 0. The van der Waals surface area contributed by atoms with E-state index in [1.54, 1.807) is 24.2 Å². The van der Waals surface area contributed by atoms with E-state index in [0.717, 1.165) is 40.9 Å². The van der Waals surface area contributed by atoms with E-state index in [2.05, 4.69) is 25.8 Å². The average molecular weight is 431 g/mol. The van der Waals surface area contributed by atoms with E-state index in [1.165, 1.54) is 51.4 Å². The molecule has 3 nitrogen and oxygen atoms in total. The van der Waals surface area contributed by atoms with Crippen molar-refractivity contribution in [3.63, 3.8) is 0 Å². The number of allylic oxidation sites excluding steroid dienone is 1. The van der Waals surface area contributed by atoms with E-state index in [1.807, 2.05) is 6.26 Å². The van der Waals surface area contributed by atoms with Crippen molar-refractivity contribution in [2.75, 3.05) is 12.8 Å². The molecule has 0 aliphatic heterocycles. The van der Waals surface area contributed by atoms with Gasteiger partial charge < -0.3 is 5.73 Å². The minimum Gasteiger partial charge on any atom is -0.404 e. The van der Waals surface area contributed by atoms with Gasteiger partial charge in [-0.2, -0.15) is 0 Å². The van der Waals surface area contributed by atoms with Crippen molar-refractivity contribution in [1.82, 2.24) is 0 Å². The molecule has 3 unspecified atom stereocenters. The second-order valence-electron chi connectivity index (χ2n) is 11.4. The van der Waals surface area contributed by atoms with Crippen LogP contribution in [0.2, 0.25) is 0 Å². The third-order valence-electron chi connectivity index (χ3n) is 10.2. The Labute approximate surface area is 188 Å². The van der Waals surface area contributed by atoms with E-state index < -0.39 is 0 Å². The van der Waals surface area contributed by atoms with E-state index in [-0.39, 0.29) is 11.3 Å². The number of carbonyl (C=O) groups excluding carboxylic acids is 1. The molecule has 0 radical (unpaired) electrons. The lowest BCUT2D eigenvalue weighted by atomic mass is 9.44. The van der Waals surface area contributed by atoms with Gasteiger partial charge in [0.15, 0.2) is 5.78 Å². The zero-order chi connectivity index (χ0) is 21.5. The van der Waals surface area contributed by atoms with Gasteiger partial charge in [0.05, 0.1) is 6.54 Å². The number of nitrogens with two attached hydrogens (primary N) is 1. The molecule has 0 aromatic heterocycles. The molecular weight excluding hydrogens is 388 g/mol. The standard InChI is InChI=1S/C26H42N2OS/c1-17-9-11-25(2)18(13-17)5-6-20-21-7-8-23(26(21,3)12-10-22(20)25)24(29)16-28-15-19(14-27)30-4/h14-15,17-18,20-23H,5-13,16,27H2,1-4H3/t17-,18?,20-,21?,22?,23+,25-,26-/m0/s1. The predicted octanol–water partition coefficient (Wildman–Crippen LogP) is 6.08. The van der Waals surface area contributed by atoms with E-state index in [9.17, 15) is 4.79 Å². The van der Waals surface area contributed by atoms with Gasteiger partial charge in [0.1, 0.15) is 0 Å². The highest BCUT2D eigenvalue weighted by molar-refractivity contribution is 8.03. The normalized spacial score (nSPS) is 46.3. The molecule has 0 amide bonds. The summed E-state index contributed by atoms with van der Waals surface area (Å²) < 4.78 is 0. The van der Waals surface area contributed by atoms with E-state index in [0.29, 0.717) is 17.7 Å². The molecule has 8 atom stereocenters. The van der Waals surface area contributed by atoms with Crippen molar-refractivity contribution >= 4 is 23.8 Å². The molecule has 0 saturated heterocycles. The Morgan fingerprint density at radius 2 is 1.80 bits per heavy atom. The summed E-state index contributed by atoms with van der Waals surface area (Å²) in [6.45, 7) is 7.88. The highest BCUT2D eigenvalue weighted by Crippen LogP contribution is 2.67. The predicted molar refractivity (Wildman–Crippen MR) is 129 cm³/mol. The summed E-state index contributed by atoms with van der Waals surface area (Å²) in [4.78, 5) is 18.5. The Balaban J connectivity index is 1.47. The summed E-state index contributed by atoms with van der Waals surface area (Å²) in [5.74, 6) is 4.92. The third-order valence-corrected chi connectivity index (χ3v) is 10.9. The van der Waals surface area contributed by atoms with Crippen molar-refractivity contribution < 1.29 is 4.79 Å². The number of thioether (sulfide) groups is 1. The van der Waals surface area contributed by atoms with Gasteiger partial charge in [-0.05, 0) is 98.0 Å². The quantitative estimate of drug-likeness (QED) is 0.537. The third kappa shape index (κ3) is 3.69. The Bertz CT molecular complexity index is 718. The van der Waals surface area contributed by atoms with Gasteiger partial charge in [0.25, 0.3) is 0 Å². The maximum atomic E-state index is 13.2. The number of hydrogen-bond acceptors (Lipinski definition) is 4. The lowest BCUT2D eigenvalue weighted by Gasteiger charge is -2.61. The van der Waals surface area contributed by atoms with Crippen LogP contribution in [-0.4, -0.2) is 24.8 Å². The van der Waals surface area contributed by atoms with E-state index in [4.69, 9.17) is 5.73 Å². The van der Waals surface area contributed by atoms with Crippen LogP contribution in [0.5, 0.6) is 0 Å². The molecule has 168 valence electrons. The maximum absolute atomic E-state index is 13.2. The van der Waals surface area contributed by atoms with Gasteiger partial charge in [-0.25, -0.2) is 0 Å². The SMILES string of the molecule is CSC(C=NCC(=O)[C@H]1CCC2[C@@H]3CCC4C[C@@H](C)CC[C@]4(C)C3CC[C@@]21C)=CN. The molecule has 0 heterocycles. The first-order valence-electron chi connectivity index (χ1n) is 12.3. The summed E-state index contributed by atoms with van der Waals surface area (Å²) in [6.07, 6.45) is 17.4. The number of Topliss-reactive ketones (excluding diaryl/α,β-unsaturated/α-hetero) is 1. The van der Waals surface area contributed by atoms with Crippen LogP contribution in [0, 0.1) is 46.3 Å². The highest BCUT2D eigenvalue weighted by atomic mass is 32.2. The molecule has 4 rings (SSSR count). The minimum atomic E-state index is 0.199. The van der Waals surface area contributed by atoms with Crippen LogP contribution in [0.1, 0.15) is 78.6 Å². The molecule has 2 N–H and O–H groups in total. The topological polar surface area (TPSA) is 55.5 Å². The Kier molecular flexibility index (Phi) is 6.46. The zero-order valence-electron chi connectivity index (χ0n) is 19.5. The molecule has 30 heavy (non-hydrogen) atoms. The largest absolute Gasteiger partial charge is 0.404 e. The second kappa shape index (κ2) is 8.64. The van der Waals surface area contributed by atoms with Gasteiger partial charge in [-0.3, -0.25) is 9.79 Å². The molecule has 4 aliphatic rings. The smallest absolute Gasteiger partial charge is 0.157 e. The van der Waals surface area contributed by atoms with Crippen LogP contribution in [0.4, 0.5) is 0 Å². The molecule has 0 bridgehead atoms. The number of nitrogens with zero attached hydrogens (tertiary/aromatic N) is 1. The van der Waals surface area contributed by atoms with Crippen LogP contribution in [-0.2, 0) is 4.79 Å². The van der Waals surface area contributed by atoms with Gasteiger partial charge in [0.2, 0.25) is 0 Å². The fraction of sp³-hybridized carbons (Fsp3) is 0.846. The van der Waals surface area contributed by atoms with Crippen LogP contribution in [0.15, 0.2) is 16.1 Å². The summed E-state index contributed by atoms with van der Waals surface area (Å²) >= 11 is 1.57. The van der Waals surface area contributed by atoms with E-state index >= 15 is 0 Å². The fourth-order valence-electron chi connectivity index (χ4n) is 8.50. The number of fused-ring (bicyclic) bond motifs is 5. The van der Waals surface area contributed by atoms with Crippen molar-refractivity contribution in [3.8, 4) is 0 Å². The Hall–Kier alpha value is -0.770. The summed E-state index contributed by atoms with van der Waals surface area (Å²) in [5.41, 5.74) is 6.36. The molecule has 0 aromatic carbocycles. The molecule has 0 spiro atoms. The number of rotatable bonds is 5. The van der Waals surface area contributed by atoms with Crippen LogP contribution in [0.25, 0.3) is 0 Å². The van der Waals surface area contributed by atoms with Crippen LogP contribution >= 0.6 is 11.8 Å². The first-order chi connectivity index (χ1) is 14.3. The highest BCUT2D eigenvalue weighted by Gasteiger charge is 2.60. The number of carbonyl (C=O) groups is 1.